The van der Waals surface area contributed by atoms with Crippen LogP contribution in [0.5, 0.6) is 0 Å². The van der Waals surface area contributed by atoms with Gasteiger partial charge in [0.05, 0.1) is 0 Å². The molecule has 17 heavy (non-hydrogen) atoms. The minimum Gasteiger partial charge on any atom is -0.307 e. The van der Waals surface area contributed by atoms with Gasteiger partial charge in [-0.15, -0.1) is 0 Å². The van der Waals surface area contributed by atoms with Crippen molar-refractivity contribution in [1.82, 2.24) is 5.32 Å². The Kier molecular flexibility index (Phi) is 3.58. The quantitative estimate of drug-likeness (QED) is 0.827. The molecule has 1 saturated carbocycles. The van der Waals surface area contributed by atoms with Crippen LogP contribution in [0.25, 0.3) is 0 Å². The summed E-state index contributed by atoms with van der Waals surface area (Å²) in [5.41, 5.74) is 5.69. The van der Waals surface area contributed by atoms with E-state index in [9.17, 15) is 0 Å². The van der Waals surface area contributed by atoms with E-state index in [0.717, 1.165) is 12.0 Å². The maximum Gasteiger partial charge on any atom is 0.0297 e. The number of aryl methyl sites for hydroxylation is 3. The van der Waals surface area contributed by atoms with Gasteiger partial charge >= 0.3 is 0 Å². The fourth-order valence-electron chi connectivity index (χ4n) is 2.93. The van der Waals surface area contributed by atoms with E-state index in [0.29, 0.717) is 6.04 Å². The van der Waals surface area contributed by atoms with E-state index in [1.807, 2.05) is 0 Å². The maximum absolute atomic E-state index is 3.75. The number of hydrogen-bond donors (Lipinski definition) is 1. The average Bonchev–Trinajstić information content (AvgIpc) is 2.21. The normalized spacial score (nSPS) is 25.5. The Balaban J connectivity index is 2.08. The maximum atomic E-state index is 3.75. The van der Waals surface area contributed by atoms with Crippen molar-refractivity contribution < 1.29 is 0 Å². The summed E-state index contributed by atoms with van der Waals surface area (Å²) < 4.78 is 0. The van der Waals surface area contributed by atoms with Crippen LogP contribution < -0.4 is 5.32 Å². The van der Waals surface area contributed by atoms with Gasteiger partial charge < -0.3 is 5.32 Å². The molecule has 1 N–H and O–H groups in total. The van der Waals surface area contributed by atoms with E-state index in [1.165, 1.54) is 35.1 Å². The molecule has 2 rings (SSSR count). The minimum absolute atomic E-state index is 0.479. The van der Waals surface area contributed by atoms with Gasteiger partial charge in [0.2, 0.25) is 0 Å². The molecule has 1 aliphatic rings. The van der Waals surface area contributed by atoms with Gasteiger partial charge in [0.25, 0.3) is 0 Å². The van der Waals surface area contributed by atoms with Crippen molar-refractivity contribution in [3.8, 4) is 0 Å². The molecule has 1 atom stereocenters. The van der Waals surface area contributed by atoms with Gasteiger partial charge in [-0.3, -0.25) is 0 Å². The van der Waals surface area contributed by atoms with E-state index in [1.54, 1.807) is 0 Å². The van der Waals surface area contributed by atoms with Gasteiger partial charge in [-0.2, -0.15) is 0 Å². The number of benzene rings is 1. The van der Waals surface area contributed by atoms with Crippen LogP contribution in [0.3, 0.4) is 0 Å². The minimum atomic E-state index is 0.479. The summed E-state index contributed by atoms with van der Waals surface area (Å²) in [6.45, 7) is 11.3. The molecule has 0 radical (unpaired) electrons. The molecule has 94 valence electrons. The van der Waals surface area contributed by atoms with E-state index in [2.05, 4.69) is 52.1 Å². The molecule has 0 heterocycles. The Morgan fingerprint density at radius 3 is 2.24 bits per heavy atom. The molecule has 1 fully saturated rings. The molecule has 1 nitrogen and oxygen atoms in total. The standard InChI is InChI=1S/C16H25N/c1-10-6-15(7-10)17-14(5)16-9-12(3)11(2)8-13(16)4/h8-10,14-15,17H,6-7H2,1-5H3. The first-order chi connectivity index (χ1) is 7.97. The van der Waals surface area contributed by atoms with Gasteiger partial charge in [0.15, 0.2) is 0 Å². The summed E-state index contributed by atoms with van der Waals surface area (Å²) in [6.07, 6.45) is 2.68. The van der Waals surface area contributed by atoms with Crippen molar-refractivity contribution in [3.63, 3.8) is 0 Å². The van der Waals surface area contributed by atoms with E-state index in [-0.39, 0.29) is 0 Å². The van der Waals surface area contributed by atoms with Crippen LogP contribution >= 0.6 is 0 Å². The van der Waals surface area contributed by atoms with Crippen molar-refractivity contribution in [1.29, 1.82) is 0 Å². The van der Waals surface area contributed by atoms with Crippen molar-refractivity contribution in [2.75, 3.05) is 0 Å². The summed E-state index contributed by atoms with van der Waals surface area (Å²) in [7, 11) is 0. The highest BCUT2D eigenvalue weighted by molar-refractivity contribution is 5.38. The Bertz CT molecular complexity index is 402. The van der Waals surface area contributed by atoms with Crippen LogP contribution in [0.15, 0.2) is 12.1 Å². The summed E-state index contributed by atoms with van der Waals surface area (Å²) in [5, 5.41) is 3.75. The smallest absolute Gasteiger partial charge is 0.0297 e. The second kappa shape index (κ2) is 4.81. The Labute approximate surface area is 106 Å². The van der Waals surface area contributed by atoms with Gasteiger partial charge in [0, 0.05) is 12.1 Å². The molecule has 1 aromatic rings. The summed E-state index contributed by atoms with van der Waals surface area (Å²) in [4.78, 5) is 0. The van der Waals surface area contributed by atoms with E-state index in [4.69, 9.17) is 0 Å². The van der Waals surface area contributed by atoms with Crippen molar-refractivity contribution in [2.45, 2.75) is 59.5 Å². The molecule has 0 bridgehead atoms. The largest absolute Gasteiger partial charge is 0.307 e. The fraction of sp³-hybridized carbons (Fsp3) is 0.625. The second-order valence-corrected chi connectivity index (χ2v) is 5.95. The van der Waals surface area contributed by atoms with Crippen LogP contribution in [-0.2, 0) is 0 Å². The molecule has 1 heteroatoms. The Morgan fingerprint density at radius 2 is 1.65 bits per heavy atom. The zero-order valence-electron chi connectivity index (χ0n) is 11.8. The summed E-state index contributed by atoms with van der Waals surface area (Å²) in [6, 6.07) is 5.88. The number of hydrogen-bond acceptors (Lipinski definition) is 1. The molecule has 0 spiro atoms. The van der Waals surface area contributed by atoms with Crippen LogP contribution in [-0.4, -0.2) is 6.04 Å². The molecule has 0 aromatic heterocycles. The lowest BCUT2D eigenvalue weighted by Gasteiger charge is -2.36. The molecule has 0 aliphatic heterocycles. The van der Waals surface area contributed by atoms with Crippen LogP contribution in [0.1, 0.15) is 55.0 Å². The predicted molar refractivity (Wildman–Crippen MR) is 74.4 cm³/mol. The van der Waals surface area contributed by atoms with Gasteiger partial charge in [0.1, 0.15) is 0 Å². The van der Waals surface area contributed by atoms with Crippen LogP contribution in [0, 0.1) is 26.7 Å². The van der Waals surface area contributed by atoms with Gasteiger partial charge in [-0.05, 0) is 68.7 Å². The van der Waals surface area contributed by atoms with Crippen molar-refractivity contribution >= 4 is 0 Å². The zero-order valence-corrected chi connectivity index (χ0v) is 11.8. The summed E-state index contributed by atoms with van der Waals surface area (Å²) >= 11 is 0. The second-order valence-electron chi connectivity index (χ2n) is 5.95. The molecule has 0 amide bonds. The van der Waals surface area contributed by atoms with Crippen molar-refractivity contribution in [3.05, 3.63) is 34.4 Å². The first-order valence-corrected chi connectivity index (χ1v) is 6.81. The predicted octanol–water partition coefficient (Wildman–Crippen LogP) is 4.06. The average molecular weight is 231 g/mol. The SMILES string of the molecule is Cc1cc(C)c(C(C)NC2CC(C)C2)cc1C. The Hall–Kier alpha value is -0.820. The molecule has 1 aliphatic carbocycles. The highest BCUT2D eigenvalue weighted by Gasteiger charge is 2.26. The molecule has 1 aromatic carbocycles. The van der Waals surface area contributed by atoms with Gasteiger partial charge in [-0.25, -0.2) is 0 Å². The lowest BCUT2D eigenvalue weighted by atomic mass is 9.81. The first-order valence-electron chi connectivity index (χ1n) is 6.81. The lowest BCUT2D eigenvalue weighted by Crippen LogP contribution is -2.41. The first kappa shape index (κ1) is 12.6. The molecule has 0 saturated heterocycles. The third-order valence-corrected chi connectivity index (χ3v) is 4.21. The zero-order chi connectivity index (χ0) is 12.6. The summed E-state index contributed by atoms with van der Waals surface area (Å²) in [5.74, 6) is 0.917. The third-order valence-electron chi connectivity index (χ3n) is 4.21. The van der Waals surface area contributed by atoms with E-state index >= 15 is 0 Å². The van der Waals surface area contributed by atoms with Gasteiger partial charge in [-0.1, -0.05) is 19.1 Å². The number of rotatable bonds is 3. The number of nitrogens with one attached hydrogen (secondary N) is 1. The topological polar surface area (TPSA) is 12.0 Å². The fourth-order valence-corrected chi connectivity index (χ4v) is 2.93. The van der Waals surface area contributed by atoms with Crippen molar-refractivity contribution in [2.24, 2.45) is 5.92 Å². The third kappa shape index (κ3) is 2.71. The van der Waals surface area contributed by atoms with Crippen LogP contribution in [0.2, 0.25) is 0 Å². The van der Waals surface area contributed by atoms with Crippen LogP contribution in [0.4, 0.5) is 0 Å². The van der Waals surface area contributed by atoms with E-state index < -0.39 is 0 Å². The highest BCUT2D eigenvalue weighted by Crippen LogP contribution is 2.30. The molecule has 1 unspecified atom stereocenters. The molecular weight excluding hydrogens is 206 g/mol. The monoisotopic (exact) mass is 231 g/mol. The lowest BCUT2D eigenvalue weighted by molar-refractivity contribution is 0.226. The highest BCUT2D eigenvalue weighted by atomic mass is 15.0. The molecular formula is C16H25N. The Morgan fingerprint density at radius 1 is 1.06 bits per heavy atom.